The Kier molecular flexibility index (Phi) is 5.62. The first-order chi connectivity index (χ1) is 8.43. The molecule has 1 rings (SSSR count). The molecule has 0 aliphatic heterocycles. The third-order valence-corrected chi connectivity index (χ3v) is 2.29. The van der Waals surface area contributed by atoms with E-state index in [0.717, 1.165) is 0 Å². The highest BCUT2D eigenvalue weighted by atomic mass is 35.5. The van der Waals surface area contributed by atoms with Crippen LogP contribution in [0.5, 0.6) is 0 Å². The number of hydrogen-bond donors (Lipinski definition) is 1. The van der Waals surface area contributed by atoms with Gasteiger partial charge in [0.2, 0.25) is 0 Å². The molecule has 114 valence electrons. The largest absolute Gasteiger partial charge is 0.416 e. The van der Waals surface area contributed by atoms with Crippen molar-refractivity contribution >= 4 is 18.2 Å². The number of hydrogen-bond acceptors (Lipinski definition) is 2. The molecular weight excluding hydrogens is 312 g/mol. The summed E-state index contributed by atoms with van der Waals surface area (Å²) >= 11 is 0. The van der Waals surface area contributed by atoms with Gasteiger partial charge in [-0.2, -0.15) is 26.3 Å². The fourth-order valence-corrected chi connectivity index (χ4v) is 1.36. The van der Waals surface area contributed by atoms with Crippen LogP contribution >= 0.6 is 12.4 Å². The summed E-state index contributed by atoms with van der Waals surface area (Å²) in [5, 5.41) is 0. The van der Waals surface area contributed by atoms with Crippen molar-refractivity contribution in [2.24, 2.45) is 5.73 Å². The van der Waals surface area contributed by atoms with Crippen molar-refractivity contribution in [2.45, 2.75) is 25.3 Å². The van der Waals surface area contributed by atoms with Crippen LogP contribution in [-0.2, 0) is 12.4 Å². The molecule has 2 nitrogen and oxygen atoms in total. The Hall–Kier alpha value is -1.28. The molecule has 0 spiro atoms. The zero-order chi connectivity index (χ0) is 15.0. The summed E-state index contributed by atoms with van der Waals surface area (Å²) in [6, 6.07) is -0.510. The van der Waals surface area contributed by atoms with E-state index in [0.29, 0.717) is 12.1 Å². The van der Waals surface area contributed by atoms with Crippen LogP contribution in [0.2, 0.25) is 0 Å². The maximum Gasteiger partial charge on any atom is 0.416 e. The first-order valence-corrected chi connectivity index (χ1v) is 5.02. The lowest BCUT2D eigenvalue weighted by Gasteiger charge is -2.14. The van der Waals surface area contributed by atoms with Crippen LogP contribution in [0, 0.1) is 0 Å². The van der Waals surface area contributed by atoms with E-state index >= 15 is 0 Å². The van der Waals surface area contributed by atoms with E-state index < -0.39 is 40.9 Å². The molecule has 20 heavy (non-hydrogen) atoms. The summed E-state index contributed by atoms with van der Waals surface area (Å²) in [7, 11) is 0. The highest BCUT2D eigenvalue weighted by Gasteiger charge is 2.37. The lowest BCUT2D eigenvalue weighted by molar-refractivity contribution is -0.143. The number of Topliss-reactive ketones (excluding diaryl/α,β-unsaturated/α-hetero) is 1. The minimum atomic E-state index is -4.98. The minimum Gasteiger partial charge on any atom is -0.321 e. The van der Waals surface area contributed by atoms with Crippen molar-refractivity contribution in [3.05, 3.63) is 34.9 Å². The van der Waals surface area contributed by atoms with Gasteiger partial charge in [0, 0.05) is 5.56 Å². The summed E-state index contributed by atoms with van der Waals surface area (Å²) in [5.74, 6) is -0.989. The van der Waals surface area contributed by atoms with Gasteiger partial charge in [-0.1, -0.05) is 0 Å². The van der Waals surface area contributed by atoms with Crippen LogP contribution in [0.1, 0.15) is 28.4 Å². The van der Waals surface area contributed by atoms with Crippen molar-refractivity contribution in [1.29, 1.82) is 0 Å². The third-order valence-electron chi connectivity index (χ3n) is 2.29. The molecule has 0 amide bonds. The fraction of sp³-hybridized carbons (Fsp3) is 0.364. The van der Waals surface area contributed by atoms with Gasteiger partial charge in [-0.05, 0) is 25.1 Å². The molecular formula is C11H10ClF6NO. The zero-order valence-corrected chi connectivity index (χ0v) is 10.8. The molecule has 0 aliphatic rings. The summed E-state index contributed by atoms with van der Waals surface area (Å²) in [6.07, 6.45) is -9.96. The van der Waals surface area contributed by atoms with Crippen LogP contribution < -0.4 is 5.73 Å². The number of alkyl halides is 6. The zero-order valence-electron chi connectivity index (χ0n) is 9.97. The number of halogens is 7. The van der Waals surface area contributed by atoms with Crippen LogP contribution in [0.4, 0.5) is 26.3 Å². The number of ketones is 1. The highest BCUT2D eigenvalue weighted by molar-refractivity contribution is 6.00. The second-order valence-corrected chi connectivity index (χ2v) is 3.95. The average molecular weight is 322 g/mol. The molecule has 0 saturated heterocycles. The molecule has 0 aromatic heterocycles. The van der Waals surface area contributed by atoms with Crippen LogP contribution in [0.3, 0.4) is 0 Å². The number of carbonyl (C=O) groups excluding carboxylic acids is 1. The van der Waals surface area contributed by atoms with E-state index in [9.17, 15) is 31.1 Å². The second kappa shape index (κ2) is 6.01. The predicted octanol–water partition coefficient (Wildman–Crippen LogP) is 3.68. The van der Waals surface area contributed by atoms with Crippen LogP contribution in [-0.4, -0.2) is 11.8 Å². The monoisotopic (exact) mass is 321 g/mol. The Labute approximate surface area is 116 Å². The number of benzene rings is 1. The average Bonchev–Trinajstić information content (AvgIpc) is 2.24. The first kappa shape index (κ1) is 18.7. The fourth-order valence-electron chi connectivity index (χ4n) is 1.36. The lowest BCUT2D eigenvalue weighted by atomic mass is 9.99. The lowest BCUT2D eigenvalue weighted by Crippen LogP contribution is -2.27. The quantitative estimate of drug-likeness (QED) is 0.667. The standard InChI is InChI=1S/C11H9F6NO.ClH/c1-5(18)9(19)6-2-7(10(12,13)14)4-8(3-6)11(15,16)17;/h2-5H,18H2,1H3;1H. The molecule has 1 aromatic rings. The number of nitrogens with two attached hydrogens (primary N) is 1. The number of rotatable bonds is 2. The second-order valence-electron chi connectivity index (χ2n) is 3.95. The van der Waals surface area contributed by atoms with Gasteiger partial charge in [-0.25, -0.2) is 0 Å². The summed E-state index contributed by atoms with van der Waals surface area (Å²) in [5.41, 5.74) is 1.39. The molecule has 0 aliphatic carbocycles. The van der Waals surface area contributed by atoms with E-state index in [2.05, 4.69) is 0 Å². The Balaban J connectivity index is 0.00000361. The number of carbonyl (C=O) groups is 1. The van der Waals surface area contributed by atoms with Gasteiger partial charge in [0.05, 0.1) is 17.2 Å². The molecule has 9 heteroatoms. The van der Waals surface area contributed by atoms with Crippen LogP contribution in [0.25, 0.3) is 0 Å². The maximum atomic E-state index is 12.5. The van der Waals surface area contributed by atoms with Crippen molar-refractivity contribution < 1.29 is 31.1 Å². The summed E-state index contributed by atoms with van der Waals surface area (Å²) < 4.78 is 74.9. The highest BCUT2D eigenvalue weighted by Crippen LogP contribution is 2.36. The van der Waals surface area contributed by atoms with E-state index in [1.54, 1.807) is 0 Å². The van der Waals surface area contributed by atoms with E-state index in [-0.39, 0.29) is 18.5 Å². The van der Waals surface area contributed by atoms with E-state index in [1.165, 1.54) is 6.92 Å². The van der Waals surface area contributed by atoms with Gasteiger partial charge < -0.3 is 5.73 Å². The molecule has 0 heterocycles. The Morgan fingerprint density at radius 3 is 1.60 bits per heavy atom. The molecule has 0 saturated carbocycles. The summed E-state index contributed by atoms with van der Waals surface area (Å²) in [4.78, 5) is 11.4. The molecule has 0 bridgehead atoms. The van der Waals surface area contributed by atoms with Gasteiger partial charge in [-0.3, -0.25) is 4.79 Å². The molecule has 0 fully saturated rings. The Bertz CT molecular complexity index is 462. The molecule has 0 radical (unpaired) electrons. The van der Waals surface area contributed by atoms with Crippen molar-refractivity contribution in [2.75, 3.05) is 0 Å². The smallest absolute Gasteiger partial charge is 0.321 e. The van der Waals surface area contributed by atoms with Gasteiger partial charge in [0.15, 0.2) is 5.78 Å². The summed E-state index contributed by atoms with van der Waals surface area (Å²) in [6.45, 7) is 1.18. The topological polar surface area (TPSA) is 43.1 Å². The molecule has 2 N–H and O–H groups in total. The predicted molar refractivity (Wildman–Crippen MR) is 61.7 cm³/mol. The minimum absolute atomic E-state index is 0. The van der Waals surface area contributed by atoms with Crippen LogP contribution in [0.15, 0.2) is 18.2 Å². The van der Waals surface area contributed by atoms with Crippen molar-refractivity contribution in [3.63, 3.8) is 0 Å². The van der Waals surface area contributed by atoms with E-state index in [1.807, 2.05) is 0 Å². The third kappa shape index (κ3) is 4.38. The van der Waals surface area contributed by atoms with Gasteiger partial charge in [-0.15, -0.1) is 12.4 Å². The SMILES string of the molecule is CC(N)C(=O)c1cc(C(F)(F)F)cc(C(F)(F)F)c1.Cl. The normalized spacial score (nSPS) is 13.6. The first-order valence-electron chi connectivity index (χ1n) is 5.02. The van der Waals surface area contributed by atoms with E-state index in [4.69, 9.17) is 5.73 Å². The van der Waals surface area contributed by atoms with Gasteiger partial charge >= 0.3 is 12.4 Å². The molecule has 1 aromatic carbocycles. The Morgan fingerprint density at radius 1 is 1.00 bits per heavy atom. The maximum absolute atomic E-state index is 12.5. The van der Waals surface area contributed by atoms with Crippen molar-refractivity contribution in [1.82, 2.24) is 0 Å². The van der Waals surface area contributed by atoms with Gasteiger partial charge in [0.1, 0.15) is 0 Å². The molecule has 1 atom stereocenters. The Morgan fingerprint density at radius 2 is 1.35 bits per heavy atom. The van der Waals surface area contributed by atoms with Gasteiger partial charge in [0.25, 0.3) is 0 Å². The van der Waals surface area contributed by atoms with Crippen molar-refractivity contribution in [3.8, 4) is 0 Å². The molecule has 1 unspecified atom stereocenters.